The van der Waals surface area contributed by atoms with Crippen LogP contribution in [0, 0.1) is 0 Å². The summed E-state index contributed by atoms with van der Waals surface area (Å²) in [6.45, 7) is 4.04. The minimum Gasteiger partial charge on any atom is -0.399 e. The minimum absolute atomic E-state index is 0.267. The number of rotatable bonds is 2. The van der Waals surface area contributed by atoms with Crippen LogP contribution in [0.1, 0.15) is 25.6 Å². The van der Waals surface area contributed by atoms with Gasteiger partial charge in [-0.1, -0.05) is 25.1 Å². The van der Waals surface area contributed by atoms with Crippen molar-refractivity contribution in [3.8, 4) is 11.5 Å². The molecule has 2 rings (SSSR count). The minimum atomic E-state index is 0.267. The van der Waals surface area contributed by atoms with Crippen molar-refractivity contribution in [1.82, 2.24) is 10.1 Å². The smallest absolute Gasteiger partial charge is 0.258 e. The average Bonchev–Trinajstić information content (AvgIpc) is 2.66. The summed E-state index contributed by atoms with van der Waals surface area (Å²) in [7, 11) is 0. The zero-order chi connectivity index (χ0) is 10.8. The Hall–Kier alpha value is -1.84. The van der Waals surface area contributed by atoms with Crippen LogP contribution in [0.25, 0.3) is 11.5 Å². The first kappa shape index (κ1) is 9.71. The van der Waals surface area contributed by atoms with E-state index in [2.05, 4.69) is 10.1 Å². The van der Waals surface area contributed by atoms with Crippen molar-refractivity contribution in [2.45, 2.75) is 19.8 Å². The van der Waals surface area contributed by atoms with E-state index in [4.69, 9.17) is 10.3 Å². The van der Waals surface area contributed by atoms with Crippen molar-refractivity contribution in [3.05, 3.63) is 30.1 Å². The van der Waals surface area contributed by atoms with Crippen LogP contribution in [0.3, 0.4) is 0 Å². The third-order valence-electron chi connectivity index (χ3n) is 2.09. The summed E-state index contributed by atoms with van der Waals surface area (Å²) in [6, 6.07) is 7.40. The standard InChI is InChI=1S/C11H13N3O/c1-7(2)10-13-11(15-14-10)8-4-3-5-9(12)6-8/h3-7H,12H2,1-2H3. The van der Waals surface area contributed by atoms with Gasteiger partial charge in [-0.25, -0.2) is 0 Å². The fraction of sp³-hybridized carbons (Fsp3) is 0.273. The SMILES string of the molecule is CC(C)c1noc(-c2cccc(N)c2)n1. The zero-order valence-corrected chi connectivity index (χ0v) is 8.77. The highest BCUT2D eigenvalue weighted by Crippen LogP contribution is 2.21. The molecule has 0 aliphatic heterocycles. The van der Waals surface area contributed by atoms with Crippen molar-refractivity contribution in [2.75, 3.05) is 5.73 Å². The number of benzene rings is 1. The molecule has 0 saturated heterocycles. The van der Waals surface area contributed by atoms with Crippen LogP contribution in [0.15, 0.2) is 28.8 Å². The van der Waals surface area contributed by atoms with Gasteiger partial charge in [0.15, 0.2) is 5.82 Å². The molecule has 0 atom stereocenters. The van der Waals surface area contributed by atoms with E-state index in [9.17, 15) is 0 Å². The Kier molecular flexibility index (Phi) is 2.41. The topological polar surface area (TPSA) is 64.9 Å². The second-order valence-electron chi connectivity index (χ2n) is 3.74. The number of hydrogen-bond donors (Lipinski definition) is 1. The van der Waals surface area contributed by atoms with E-state index in [1.807, 2.05) is 38.1 Å². The molecule has 4 heteroatoms. The van der Waals surface area contributed by atoms with Crippen LogP contribution in [0.5, 0.6) is 0 Å². The van der Waals surface area contributed by atoms with Crippen molar-refractivity contribution in [2.24, 2.45) is 0 Å². The summed E-state index contributed by atoms with van der Waals surface area (Å²) in [5.41, 5.74) is 7.22. The van der Waals surface area contributed by atoms with E-state index in [1.54, 1.807) is 0 Å². The van der Waals surface area contributed by atoms with Gasteiger partial charge in [0.05, 0.1) is 0 Å². The molecule has 78 valence electrons. The fourth-order valence-electron chi connectivity index (χ4n) is 1.26. The van der Waals surface area contributed by atoms with E-state index >= 15 is 0 Å². The number of nitrogen functional groups attached to an aromatic ring is 1. The van der Waals surface area contributed by atoms with Crippen LogP contribution in [-0.2, 0) is 0 Å². The number of nitrogens with zero attached hydrogens (tertiary/aromatic N) is 2. The van der Waals surface area contributed by atoms with Gasteiger partial charge >= 0.3 is 0 Å². The van der Waals surface area contributed by atoms with E-state index in [1.165, 1.54) is 0 Å². The molecule has 1 aromatic heterocycles. The quantitative estimate of drug-likeness (QED) is 0.761. The normalized spacial score (nSPS) is 10.9. The highest BCUT2D eigenvalue weighted by molar-refractivity contribution is 5.59. The van der Waals surface area contributed by atoms with Crippen LogP contribution in [0.4, 0.5) is 5.69 Å². The third-order valence-corrected chi connectivity index (χ3v) is 2.09. The summed E-state index contributed by atoms with van der Waals surface area (Å²) < 4.78 is 5.15. The second kappa shape index (κ2) is 3.73. The zero-order valence-electron chi connectivity index (χ0n) is 8.77. The van der Waals surface area contributed by atoms with Gasteiger partial charge in [-0.15, -0.1) is 0 Å². The van der Waals surface area contributed by atoms with Gasteiger partial charge in [-0.3, -0.25) is 0 Å². The van der Waals surface area contributed by atoms with Crippen LogP contribution in [0.2, 0.25) is 0 Å². The molecule has 1 aromatic carbocycles. The molecule has 0 unspecified atom stereocenters. The van der Waals surface area contributed by atoms with Crippen molar-refractivity contribution in [3.63, 3.8) is 0 Å². The molecule has 2 N–H and O–H groups in total. The van der Waals surface area contributed by atoms with Gasteiger partial charge in [-0.05, 0) is 18.2 Å². The number of nitrogens with two attached hydrogens (primary N) is 1. The Bertz CT molecular complexity index is 462. The predicted octanol–water partition coefficient (Wildman–Crippen LogP) is 2.44. The first-order valence-electron chi connectivity index (χ1n) is 4.86. The molecule has 1 heterocycles. The largest absolute Gasteiger partial charge is 0.399 e. The lowest BCUT2D eigenvalue weighted by Gasteiger charge is -1.95. The summed E-state index contributed by atoms with van der Waals surface area (Å²) in [4.78, 5) is 4.29. The molecule has 0 bridgehead atoms. The molecule has 4 nitrogen and oxygen atoms in total. The van der Waals surface area contributed by atoms with E-state index in [-0.39, 0.29) is 5.92 Å². The Morgan fingerprint density at radius 3 is 2.73 bits per heavy atom. The molecular weight excluding hydrogens is 190 g/mol. The highest BCUT2D eigenvalue weighted by atomic mass is 16.5. The second-order valence-corrected chi connectivity index (χ2v) is 3.74. The third kappa shape index (κ3) is 1.98. The molecule has 0 aliphatic rings. The van der Waals surface area contributed by atoms with Gasteiger partial charge < -0.3 is 10.3 Å². The molecule has 0 saturated carbocycles. The first-order chi connectivity index (χ1) is 7.16. The van der Waals surface area contributed by atoms with Gasteiger partial charge in [0, 0.05) is 17.2 Å². The molecule has 15 heavy (non-hydrogen) atoms. The molecule has 0 fully saturated rings. The fourth-order valence-corrected chi connectivity index (χ4v) is 1.26. The van der Waals surface area contributed by atoms with Crippen molar-refractivity contribution in [1.29, 1.82) is 0 Å². The van der Waals surface area contributed by atoms with Crippen LogP contribution >= 0.6 is 0 Å². The maximum Gasteiger partial charge on any atom is 0.258 e. The van der Waals surface area contributed by atoms with E-state index in [0.29, 0.717) is 17.4 Å². The molecule has 0 spiro atoms. The van der Waals surface area contributed by atoms with Crippen LogP contribution < -0.4 is 5.73 Å². The summed E-state index contributed by atoms with van der Waals surface area (Å²) >= 11 is 0. The number of anilines is 1. The van der Waals surface area contributed by atoms with E-state index in [0.717, 1.165) is 5.56 Å². The van der Waals surface area contributed by atoms with Gasteiger partial charge in [0.1, 0.15) is 0 Å². The van der Waals surface area contributed by atoms with Crippen LogP contribution in [-0.4, -0.2) is 10.1 Å². The van der Waals surface area contributed by atoms with Gasteiger partial charge in [0.25, 0.3) is 5.89 Å². The molecule has 0 aliphatic carbocycles. The lowest BCUT2D eigenvalue weighted by atomic mass is 10.2. The van der Waals surface area contributed by atoms with Gasteiger partial charge in [0.2, 0.25) is 0 Å². The summed E-state index contributed by atoms with van der Waals surface area (Å²) in [5.74, 6) is 1.50. The highest BCUT2D eigenvalue weighted by Gasteiger charge is 2.10. The monoisotopic (exact) mass is 203 g/mol. The summed E-state index contributed by atoms with van der Waals surface area (Å²) in [5, 5.41) is 3.89. The molecular formula is C11H13N3O. The van der Waals surface area contributed by atoms with Crippen molar-refractivity contribution >= 4 is 5.69 Å². The number of aromatic nitrogens is 2. The lowest BCUT2D eigenvalue weighted by Crippen LogP contribution is -1.89. The van der Waals surface area contributed by atoms with Crippen molar-refractivity contribution < 1.29 is 4.52 Å². The molecule has 0 amide bonds. The Morgan fingerprint density at radius 1 is 1.33 bits per heavy atom. The number of hydrogen-bond acceptors (Lipinski definition) is 4. The predicted molar refractivity (Wildman–Crippen MR) is 58.2 cm³/mol. The Balaban J connectivity index is 2.37. The maximum absolute atomic E-state index is 5.67. The maximum atomic E-state index is 5.67. The lowest BCUT2D eigenvalue weighted by molar-refractivity contribution is 0.419. The Morgan fingerprint density at radius 2 is 2.13 bits per heavy atom. The average molecular weight is 203 g/mol. The first-order valence-corrected chi connectivity index (χ1v) is 4.86. The molecule has 0 radical (unpaired) electrons. The van der Waals surface area contributed by atoms with E-state index < -0.39 is 0 Å². The summed E-state index contributed by atoms with van der Waals surface area (Å²) in [6.07, 6.45) is 0. The molecule has 2 aromatic rings. The Labute approximate surface area is 88.1 Å². The van der Waals surface area contributed by atoms with Gasteiger partial charge in [-0.2, -0.15) is 4.98 Å².